The Balaban J connectivity index is 2.01. The molecule has 0 spiro atoms. The minimum atomic E-state index is 0.584. The standard InChI is InChI=1S/C12H22N4/c1-9-5-16(6-10(2)13-9)8-12-7-15(4)14-11(12)3/h7,9-10,13H,5-6,8H2,1-4H3. The molecule has 2 unspecified atom stereocenters. The van der Waals surface area contributed by atoms with Gasteiger partial charge in [-0.2, -0.15) is 5.10 Å². The van der Waals surface area contributed by atoms with Gasteiger partial charge in [-0.1, -0.05) is 0 Å². The lowest BCUT2D eigenvalue weighted by Gasteiger charge is -2.36. The van der Waals surface area contributed by atoms with Gasteiger partial charge in [0.15, 0.2) is 0 Å². The van der Waals surface area contributed by atoms with Crippen molar-refractivity contribution in [2.24, 2.45) is 7.05 Å². The number of nitrogens with zero attached hydrogens (tertiary/aromatic N) is 3. The highest BCUT2D eigenvalue weighted by atomic mass is 15.3. The van der Waals surface area contributed by atoms with Crippen LogP contribution in [-0.4, -0.2) is 39.9 Å². The molecular weight excluding hydrogens is 200 g/mol. The summed E-state index contributed by atoms with van der Waals surface area (Å²) < 4.78 is 1.90. The van der Waals surface area contributed by atoms with Crippen LogP contribution in [0, 0.1) is 6.92 Å². The summed E-state index contributed by atoms with van der Waals surface area (Å²) in [5.41, 5.74) is 2.50. The van der Waals surface area contributed by atoms with Crippen LogP contribution >= 0.6 is 0 Å². The molecule has 90 valence electrons. The Morgan fingerprint density at radius 3 is 2.50 bits per heavy atom. The summed E-state index contributed by atoms with van der Waals surface area (Å²) in [7, 11) is 1.99. The van der Waals surface area contributed by atoms with Crippen molar-refractivity contribution in [1.29, 1.82) is 0 Å². The highest BCUT2D eigenvalue weighted by Crippen LogP contribution is 2.12. The van der Waals surface area contributed by atoms with Crippen LogP contribution in [0.4, 0.5) is 0 Å². The van der Waals surface area contributed by atoms with E-state index in [4.69, 9.17) is 0 Å². The highest BCUT2D eigenvalue weighted by Gasteiger charge is 2.21. The third-order valence-electron chi connectivity index (χ3n) is 3.14. The van der Waals surface area contributed by atoms with Gasteiger partial charge in [0.25, 0.3) is 0 Å². The molecule has 1 aliphatic heterocycles. The zero-order valence-electron chi connectivity index (χ0n) is 10.7. The SMILES string of the molecule is Cc1nn(C)cc1CN1CC(C)NC(C)C1. The van der Waals surface area contributed by atoms with E-state index >= 15 is 0 Å². The summed E-state index contributed by atoms with van der Waals surface area (Å²) in [6.45, 7) is 9.86. The smallest absolute Gasteiger partial charge is 0.0638 e. The summed E-state index contributed by atoms with van der Waals surface area (Å²) >= 11 is 0. The molecule has 16 heavy (non-hydrogen) atoms. The fourth-order valence-corrected chi connectivity index (χ4v) is 2.61. The minimum Gasteiger partial charge on any atom is -0.309 e. The fraction of sp³-hybridized carbons (Fsp3) is 0.750. The average Bonchev–Trinajstić information content (AvgIpc) is 2.43. The molecule has 1 aromatic heterocycles. The maximum absolute atomic E-state index is 4.39. The Hall–Kier alpha value is -0.870. The van der Waals surface area contributed by atoms with Gasteiger partial charge in [0.05, 0.1) is 5.69 Å². The van der Waals surface area contributed by atoms with Crippen LogP contribution in [-0.2, 0) is 13.6 Å². The van der Waals surface area contributed by atoms with Crippen LogP contribution in [0.15, 0.2) is 6.20 Å². The van der Waals surface area contributed by atoms with Crippen molar-refractivity contribution >= 4 is 0 Å². The van der Waals surface area contributed by atoms with Gasteiger partial charge < -0.3 is 5.32 Å². The maximum atomic E-state index is 4.39. The number of aromatic nitrogens is 2. The summed E-state index contributed by atoms with van der Waals surface area (Å²) in [6.07, 6.45) is 2.13. The molecule has 0 bridgehead atoms. The van der Waals surface area contributed by atoms with Crippen LogP contribution < -0.4 is 5.32 Å². The van der Waals surface area contributed by atoms with Gasteiger partial charge in [-0.3, -0.25) is 9.58 Å². The van der Waals surface area contributed by atoms with Gasteiger partial charge in [0.1, 0.15) is 0 Å². The Morgan fingerprint density at radius 2 is 2.00 bits per heavy atom. The van der Waals surface area contributed by atoms with Gasteiger partial charge >= 0.3 is 0 Å². The topological polar surface area (TPSA) is 33.1 Å². The molecule has 0 saturated carbocycles. The predicted molar refractivity (Wildman–Crippen MR) is 65.3 cm³/mol. The van der Waals surface area contributed by atoms with E-state index in [1.807, 2.05) is 11.7 Å². The van der Waals surface area contributed by atoms with E-state index in [9.17, 15) is 0 Å². The largest absolute Gasteiger partial charge is 0.309 e. The first-order valence-electron chi connectivity index (χ1n) is 6.02. The number of nitrogens with one attached hydrogen (secondary N) is 1. The second-order valence-electron chi connectivity index (χ2n) is 5.08. The van der Waals surface area contributed by atoms with Gasteiger partial charge in [0, 0.05) is 50.5 Å². The number of hydrogen-bond donors (Lipinski definition) is 1. The normalized spacial score (nSPS) is 27.2. The zero-order chi connectivity index (χ0) is 11.7. The van der Waals surface area contributed by atoms with Gasteiger partial charge in [0.2, 0.25) is 0 Å². The molecule has 0 amide bonds. The molecule has 0 radical (unpaired) electrons. The lowest BCUT2D eigenvalue weighted by atomic mass is 10.1. The Morgan fingerprint density at radius 1 is 1.38 bits per heavy atom. The van der Waals surface area contributed by atoms with E-state index < -0.39 is 0 Å². The van der Waals surface area contributed by atoms with E-state index in [0.29, 0.717) is 12.1 Å². The number of hydrogen-bond acceptors (Lipinski definition) is 3. The molecule has 0 aromatic carbocycles. The van der Waals surface area contributed by atoms with Gasteiger partial charge in [-0.15, -0.1) is 0 Å². The molecule has 1 fully saturated rings. The molecule has 2 heterocycles. The molecular formula is C12H22N4. The van der Waals surface area contributed by atoms with Crippen molar-refractivity contribution in [2.45, 2.75) is 39.4 Å². The molecule has 0 aliphatic carbocycles. The van der Waals surface area contributed by atoms with Gasteiger partial charge in [-0.05, 0) is 20.8 Å². The first kappa shape index (κ1) is 11.6. The molecule has 4 nitrogen and oxygen atoms in total. The number of aryl methyl sites for hydroxylation is 2. The Kier molecular flexibility index (Phi) is 3.30. The first-order valence-corrected chi connectivity index (χ1v) is 6.02. The molecule has 1 aliphatic rings. The predicted octanol–water partition coefficient (Wildman–Crippen LogP) is 0.911. The quantitative estimate of drug-likeness (QED) is 0.807. The molecule has 1 saturated heterocycles. The third-order valence-corrected chi connectivity index (χ3v) is 3.14. The highest BCUT2D eigenvalue weighted by molar-refractivity contribution is 5.15. The summed E-state index contributed by atoms with van der Waals surface area (Å²) in [6, 6.07) is 1.17. The van der Waals surface area contributed by atoms with E-state index in [1.54, 1.807) is 0 Å². The third kappa shape index (κ3) is 2.62. The van der Waals surface area contributed by atoms with Crippen LogP contribution in [0.3, 0.4) is 0 Å². The van der Waals surface area contributed by atoms with E-state index in [0.717, 1.165) is 25.3 Å². The Labute approximate surface area is 97.6 Å². The van der Waals surface area contributed by atoms with Crippen molar-refractivity contribution in [1.82, 2.24) is 20.0 Å². The van der Waals surface area contributed by atoms with Crippen LogP contribution in [0.2, 0.25) is 0 Å². The molecule has 1 N–H and O–H groups in total. The summed E-state index contributed by atoms with van der Waals surface area (Å²) in [5, 5.41) is 7.94. The summed E-state index contributed by atoms with van der Waals surface area (Å²) in [4.78, 5) is 2.51. The van der Waals surface area contributed by atoms with Crippen molar-refractivity contribution in [3.63, 3.8) is 0 Å². The lowest BCUT2D eigenvalue weighted by molar-refractivity contribution is 0.166. The lowest BCUT2D eigenvalue weighted by Crippen LogP contribution is -2.53. The summed E-state index contributed by atoms with van der Waals surface area (Å²) in [5.74, 6) is 0. The van der Waals surface area contributed by atoms with Crippen LogP contribution in [0.25, 0.3) is 0 Å². The Bertz CT molecular complexity index is 348. The van der Waals surface area contributed by atoms with Crippen LogP contribution in [0.1, 0.15) is 25.1 Å². The van der Waals surface area contributed by atoms with Crippen molar-refractivity contribution in [3.05, 3.63) is 17.5 Å². The molecule has 2 atom stereocenters. The second kappa shape index (κ2) is 4.55. The van der Waals surface area contributed by atoms with Gasteiger partial charge in [-0.25, -0.2) is 0 Å². The van der Waals surface area contributed by atoms with Crippen molar-refractivity contribution in [3.8, 4) is 0 Å². The number of piperazine rings is 1. The monoisotopic (exact) mass is 222 g/mol. The minimum absolute atomic E-state index is 0.584. The van der Waals surface area contributed by atoms with E-state index in [2.05, 4.69) is 42.3 Å². The van der Waals surface area contributed by atoms with Crippen LogP contribution in [0.5, 0.6) is 0 Å². The first-order chi connectivity index (χ1) is 7.54. The molecule has 4 heteroatoms. The second-order valence-corrected chi connectivity index (χ2v) is 5.08. The molecule has 2 rings (SSSR count). The van der Waals surface area contributed by atoms with E-state index in [-0.39, 0.29) is 0 Å². The fourth-order valence-electron chi connectivity index (χ4n) is 2.61. The van der Waals surface area contributed by atoms with Crippen molar-refractivity contribution < 1.29 is 0 Å². The number of rotatable bonds is 2. The zero-order valence-corrected chi connectivity index (χ0v) is 10.7. The van der Waals surface area contributed by atoms with Crippen molar-refractivity contribution in [2.75, 3.05) is 13.1 Å². The van der Waals surface area contributed by atoms with E-state index in [1.165, 1.54) is 5.56 Å². The molecule has 1 aromatic rings. The average molecular weight is 222 g/mol. The maximum Gasteiger partial charge on any atom is 0.0638 e.